The van der Waals surface area contributed by atoms with Crippen molar-refractivity contribution in [3.05, 3.63) is 95.3 Å². The summed E-state index contributed by atoms with van der Waals surface area (Å²) in [4.78, 5) is 18.0. The number of carbonyl (C=O) groups excluding carboxylic acids is 1. The number of nitrogens with zero attached hydrogens (tertiary/aromatic N) is 1. The maximum Gasteiger partial charge on any atom is 0.164 e. The molecule has 3 aromatic rings. The van der Waals surface area contributed by atoms with Crippen LogP contribution in [0.15, 0.2) is 81.7 Å². The fraction of sp³-hybridized carbons (Fsp3) is 0.400. The average molecular weight is 851 g/mol. The molecule has 7 heteroatoms. The van der Waals surface area contributed by atoms with Crippen molar-refractivity contribution in [2.75, 3.05) is 0 Å². The summed E-state index contributed by atoms with van der Waals surface area (Å²) in [6, 6.07) is 9.48. The normalized spacial score (nSPS) is 12.6. The van der Waals surface area contributed by atoms with E-state index < -0.39 is 0 Å². The minimum absolute atomic E-state index is 0. The van der Waals surface area contributed by atoms with Gasteiger partial charge in [-0.25, -0.2) is 0 Å². The molecule has 0 fully saturated rings. The second-order valence-corrected chi connectivity index (χ2v) is 14.2. The van der Waals surface area contributed by atoms with Gasteiger partial charge in [-0.05, 0) is 59.8 Å². The number of hydrogen-bond acceptors (Lipinski definition) is 6. The van der Waals surface area contributed by atoms with Gasteiger partial charge in [0.1, 0.15) is 17.1 Å². The van der Waals surface area contributed by atoms with Crippen LogP contribution in [0.25, 0.3) is 34.4 Å². The zero-order valence-electron chi connectivity index (χ0n) is 29.5. The zero-order chi connectivity index (χ0) is 34.7. The maximum absolute atomic E-state index is 12.2. The number of thiol groups is 1. The van der Waals surface area contributed by atoms with Gasteiger partial charge >= 0.3 is 0 Å². The number of aliphatic hydroxyl groups is 1. The Morgan fingerprint density at radius 2 is 1.66 bits per heavy atom. The minimum atomic E-state index is -0.337. The van der Waals surface area contributed by atoms with E-state index in [4.69, 9.17) is 4.42 Å². The van der Waals surface area contributed by atoms with Crippen LogP contribution >= 0.6 is 24.4 Å². The van der Waals surface area contributed by atoms with Crippen LogP contribution in [0.5, 0.6) is 0 Å². The van der Waals surface area contributed by atoms with Crippen molar-refractivity contribution < 1.29 is 34.4 Å². The van der Waals surface area contributed by atoms with Crippen molar-refractivity contribution in [3.8, 4) is 11.3 Å². The van der Waals surface area contributed by atoms with Crippen LogP contribution in [-0.2, 0) is 30.3 Å². The number of thioether (sulfide) groups is 1. The number of aliphatic hydroxyl groups excluding tert-OH is 1. The van der Waals surface area contributed by atoms with Crippen molar-refractivity contribution in [1.29, 1.82) is 0 Å². The number of benzene rings is 1. The first kappa shape index (κ1) is 42.5. The van der Waals surface area contributed by atoms with E-state index in [-0.39, 0.29) is 47.9 Å². The molecule has 0 spiro atoms. The first-order valence-electron chi connectivity index (χ1n) is 16.0. The third kappa shape index (κ3) is 10.5. The topological polar surface area (TPSA) is 63.3 Å². The number of rotatable bonds is 13. The second-order valence-electron chi connectivity index (χ2n) is 12.9. The van der Waals surface area contributed by atoms with Crippen molar-refractivity contribution in [2.45, 2.75) is 98.3 Å². The Bertz CT molecular complexity index is 1600. The quantitative estimate of drug-likeness (QED) is 0.0448. The van der Waals surface area contributed by atoms with Gasteiger partial charge in [0.2, 0.25) is 0 Å². The average Bonchev–Trinajstić information content (AvgIpc) is 3.41. The molecule has 0 atom stereocenters. The number of pyridine rings is 1. The molecule has 3 rings (SSSR count). The number of allylic oxidation sites excluding steroid dienone is 4. The van der Waals surface area contributed by atoms with Crippen LogP contribution in [0, 0.1) is 16.9 Å². The van der Waals surface area contributed by atoms with Gasteiger partial charge in [0.15, 0.2) is 5.78 Å². The smallest absolute Gasteiger partial charge is 0.164 e. The summed E-state index contributed by atoms with van der Waals surface area (Å²) in [5, 5.41) is 14.6. The van der Waals surface area contributed by atoms with E-state index in [9.17, 15) is 9.90 Å². The van der Waals surface area contributed by atoms with Gasteiger partial charge in [0.05, 0.1) is 0 Å². The number of hydrogen-bond donors (Lipinski definition) is 2. The SMILES string of the molecule is C=CSc1c[c-]c(-c2nccc3oc(/C=C/C=C\S)c(C=C)c23)cc1C(C)(C)C.CCC(C)(CC)C(=O)/C=C(\O)C(C)(CC)CC.[Ir]. The predicted molar refractivity (Wildman–Crippen MR) is 203 cm³/mol. The molecule has 0 saturated carbocycles. The molecular weight excluding hydrogens is 799 g/mol. The van der Waals surface area contributed by atoms with Gasteiger partial charge in [0.25, 0.3) is 0 Å². The molecule has 4 nitrogen and oxygen atoms in total. The number of furan rings is 1. The van der Waals surface area contributed by atoms with Crippen molar-refractivity contribution in [1.82, 2.24) is 4.98 Å². The van der Waals surface area contributed by atoms with E-state index >= 15 is 0 Å². The summed E-state index contributed by atoms with van der Waals surface area (Å²) < 4.78 is 6.07. The number of carbonyl (C=O) groups is 1. The molecular formula is C40H52IrNO3S2-. The van der Waals surface area contributed by atoms with Crippen LogP contribution < -0.4 is 0 Å². The molecule has 1 radical (unpaired) electrons. The maximum atomic E-state index is 12.2. The standard InChI is InChI=1S/C25H24NOS2.C15H28O2.Ir/c1-6-18-20(10-8-9-15-28)27-21-13-14-26-24(23(18)21)17-11-12-22(29-7-2)19(16-17)25(3,4)5;1-7-14(5,8-2)12(16)11-13(17)15(6,9-3)10-4;/h6-10,12-16,28H,1-2H2,3-5H3;11,16H,7-10H2,1-6H3;/q-1;;/b10-8+,15-9-;12-11-;. The van der Waals surface area contributed by atoms with E-state index in [1.807, 2.05) is 83.4 Å². The number of aromatic nitrogens is 1. The van der Waals surface area contributed by atoms with Crippen molar-refractivity contribution >= 4 is 53.3 Å². The number of fused-ring (bicyclic) bond motifs is 1. The van der Waals surface area contributed by atoms with E-state index in [0.29, 0.717) is 0 Å². The van der Waals surface area contributed by atoms with Crippen LogP contribution in [0.3, 0.4) is 0 Å². The molecule has 0 unspecified atom stereocenters. The Morgan fingerprint density at radius 1 is 1.04 bits per heavy atom. The Kier molecular flexibility index (Phi) is 17.0. The summed E-state index contributed by atoms with van der Waals surface area (Å²) >= 11 is 5.70. The molecule has 257 valence electrons. The van der Waals surface area contributed by atoms with Crippen LogP contribution in [0.2, 0.25) is 0 Å². The molecule has 2 aromatic heterocycles. The van der Waals surface area contributed by atoms with Crippen molar-refractivity contribution in [3.63, 3.8) is 0 Å². The summed E-state index contributed by atoms with van der Waals surface area (Å²) in [5.74, 6) is 1.03. The molecule has 0 aliphatic rings. The fourth-order valence-electron chi connectivity index (χ4n) is 4.88. The van der Waals surface area contributed by atoms with E-state index in [1.165, 1.54) is 11.6 Å². The summed E-state index contributed by atoms with van der Waals surface area (Å²) in [7, 11) is 0. The first-order valence-corrected chi connectivity index (χ1v) is 17.4. The molecule has 2 heterocycles. The van der Waals surface area contributed by atoms with Gasteiger partial charge < -0.3 is 14.5 Å². The van der Waals surface area contributed by atoms with Gasteiger partial charge in [-0.3, -0.25) is 4.79 Å². The Morgan fingerprint density at radius 3 is 2.17 bits per heavy atom. The fourth-order valence-corrected chi connectivity index (χ4v) is 5.78. The van der Waals surface area contributed by atoms with Crippen LogP contribution in [0.4, 0.5) is 0 Å². The Balaban J connectivity index is 0.000000530. The number of ketones is 1. The van der Waals surface area contributed by atoms with Gasteiger partial charge in [0, 0.05) is 54.2 Å². The van der Waals surface area contributed by atoms with E-state index in [1.54, 1.807) is 23.4 Å². The molecule has 1 aromatic carbocycles. The second kappa shape index (κ2) is 18.8. The molecule has 0 saturated heterocycles. The van der Waals surface area contributed by atoms with Crippen LogP contribution in [0.1, 0.15) is 105 Å². The van der Waals surface area contributed by atoms with Gasteiger partial charge in [-0.1, -0.05) is 98.6 Å². The zero-order valence-corrected chi connectivity index (χ0v) is 33.6. The van der Waals surface area contributed by atoms with E-state index in [0.717, 1.165) is 64.1 Å². The molecule has 1 N–H and O–H groups in total. The molecule has 0 amide bonds. The Labute approximate surface area is 306 Å². The largest absolute Gasteiger partial charge is 0.512 e. The van der Waals surface area contributed by atoms with Crippen molar-refractivity contribution in [2.24, 2.45) is 10.8 Å². The Hall–Kier alpha value is -2.57. The van der Waals surface area contributed by atoms with Gasteiger partial charge in [-0.2, -0.15) is 24.4 Å². The summed E-state index contributed by atoms with van der Waals surface area (Å²) in [5.41, 5.74) is 4.08. The predicted octanol–water partition coefficient (Wildman–Crippen LogP) is 12.6. The third-order valence-electron chi connectivity index (χ3n) is 9.11. The molecule has 0 aliphatic heterocycles. The van der Waals surface area contributed by atoms with E-state index in [2.05, 4.69) is 63.7 Å². The van der Waals surface area contributed by atoms with Crippen LogP contribution in [-0.4, -0.2) is 15.9 Å². The minimum Gasteiger partial charge on any atom is -0.512 e. The summed E-state index contributed by atoms with van der Waals surface area (Å²) in [6.45, 7) is 26.5. The monoisotopic (exact) mass is 851 g/mol. The third-order valence-corrected chi connectivity index (χ3v) is 10.0. The van der Waals surface area contributed by atoms with Gasteiger partial charge in [-0.15, -0.1) is 29.3 Å². The molecule has 47 heavy (non-hydrogen) atoms. The molecule has 0 aliphatic carbocycles. The summed E-state index contributed by atoms with van der Waals surface area (Å²) in [6.07, 6.45) is 14.0. The first-order chi connectivity index (χ1) is 21.7. The molecule has 0 bridgehead atoms.